The number of ketones is 4. The predicted octanol–water partition coefficient (Wildman–Crippen LogP) is 1.33. The van der Waals surface area contributed by atoms with Gasteiger partial charge in [-0.05, 0) is 47.8 Å². The van der Waals surface area contributed by atoms with Crippen LogP contribution in [0.3, 0.4) is 0 Å². The second kappa shape index (κ2) is 7.58. The number of amides is 1. The summed E-state index contributed by atoms with van der Waals surface area (Å²) in [5.74, 6) is -11.1. The van der Waals surface area contributed by atoms with E-state index >= 15 is 0 Å². The van der Waals surface area contributed by atoms with Gasteiger partial charge in [0.2, 0.25) is 5.91 Å². The number of hydrogen-bond acceptors (Lipinski definition) is 7. The van der Waals surface area contributed by atoms with Gasteiger partial charge >= 0.3 is 0 Å². The molecule has 2 saturated carbocycles. The Morgan fingerprint density at radius 1 is 1.09 bits per heavy atom. The number of rotatable bonds is 3. The van der Waals surface area contributed by atoms with Gasteiger partial charge in [0.1, 0.15) is 5.75 Å². The molecule has 0 aliphatic heterocycles. The highest BCUT2D eigenvalue weighted by Crippen LogP contribution is 2.53. The molecule has 0 spiro atoms. The van der Waals surface area contributed by atoms with Crippen LogP contribution >= 0.6 is 0 Å². The van der Waals surface area contributed by atoms with Gasteiger partial charge in [-0.25, -0.2) is 0 Å². The first-order valence-corrected chi connectivity index (χ1v) is 11.4. The lowest BCUT2D eigenvalue weighted by molar-refractivity contribution is -0.182. The topological polar surface area (TPSA) is 152 Å². The van der Waals surface area contributed by atoms with Crippen molar-refractivity contribution >= 4 is 29.0 Å². The summed E-state index contributed by atoms with van der Waals surface area (Å²) in [4.78, 5) is 65.5. The van der Waals surface area contributed by atoms with Crippen molar-refractivity contribution in [2.24, 2.45) is 41.2 Å². The first-order valence-electron chi connectivity index (χ1n) is 11.4. The van der Waals surface area contributed by atoms with E-state index in [1.807, 2.05) is 13.8 Å². The second-order valence-corrected chi connectivity index (χ2v) is 10.3. The molecule has 4 N–H and O–H groups in total. The first-order chi connectivity index (χ1) is 15.3. The van der Waals surface area contributed by atoms with Gasteiger partial charge in [0.05, 0.1) is 11.5 Å². The van der Waals surface area contributed by atoms with Crippen LogP contribution in [0, 0.1) is 35.5 Å². The fraction of sp³-hybridized carbons (Fsp3) is 0.560. The maximum atomic E-state index is 13.7. The molecule has 6 atom stereocenters. The quantitative estimate of drug-likeness (QED) is 0.582. The van der Waals surface area contributed by atoms with E-state index in [0.29, 0.717) is 12.0 Å². The van der Waals surface area contributed by atoms with Gasteiger partial charge in [-0.2, -0.15) is 0 Å². The van der Waals surface area contributed by atoms with Crippen LogP contribution in [0.15, 0.2) is 12.1 Å². The van der Waals surface area contributed by atoms with Gasteiger partial charge in [0.25, 0.3) is 0 Å². The number of carbonyl (C=O) groups excluding carboxylic acids is 5. The molecular formula is C25H29NO7. The Morgan fingerprint density at radius 3 is 2.27 bits per heavy atom. The van der Waals surface area contributed by atoms with Gasteiger partial charge in [0.15, 0.2) is 34.7 Å². The minimum absolute atomic E-state index is 0.0454. The number of nitrogens with two attached hydrogens (primary N) is 1. The van der Waals surface area contributed by atoms with Crippen LogP contribution in [-0.2, 0) is 25.6 Å². The lowest BCUT2D eigenvalue weighted by atomic mass is 9.49. The Bertz CT molecular complexity index is 1100. The smallest absolute Gasteiger partial charge is 0.235 e. The van der Waals surface area contributed by atoms with E-state index in [2.05, 4.69) is 0 Å². The fourth-order valence-corrected chi connectivity index (χ4v) is 6.42. The fourth-order valence-electron chi connectivity index (χ4n) is 6.42. The third-order valence-corrected chi connectivity index (χ3v) is 7.85. The Labute approximate surface area is 191 Å². The molecule has 1 amide bonds. The zero-order valence-corrected chi connectivity index (χ0v) is 19.1. The number of phenols is 1. The summed E-state index contributed by atoms with van der Waals surface area (Å²) in [5, 5.41) is 22.0. The first kappa shape index (κ1) is 23.3. The van der Waals surface area contributed by atoms with Crippen LogP contribution < -0.4 is 5.73 Å². The summed E-state index contributed by atoms with van der Waals surface area (Å²) in [6.07, 6.45) is 0.398. The summed E-state index contributed by atoms with van der Waals surface area (Å²) in [6, 6.07) is 3.18. The number of fused-ring (bicyclic) bond motifs is 3. The molecular weight excluding hydrogens is 426 g/mol. The van der Waals surface area contributed by atoms with Gasteiger partial charge in [0, 0.05) is 11.8 Å². The lowest BCUT2D eigenvalue weighted by Crippen LogP contribution is -2.71. The molecule has 0 bridgehead atoms. The average molecular weight is 456 g/mol. The molecule has 1 aromatic carbocycles. The molecule has 0 heterocycles. The van der Waals surface area contributed by atoms with Crippen molar-refractivity contribution in [3.63, 3.8) is 0 Å². The maximum absolute atomic E-state index is 13.7. The van der Waals surface area contributed by atoms with Gasteiger partial charge in [-0.3, -0.25) is 24.0 Å². The van der Waals surface area contributed by atoms with Crippen LogP contribution in [0.2, 0.25) is 0 Å². The van der Waals surface area contributed by atoms with Crippen LogP contribution in [0.4, 0.5) is 0 Å². The molecule has 3 aliphatic carbocycles. The number of Topliss-reactive ketones (excluding diaryl/α,β-unsaturated/α-hetero) is 4. The Hall–Kier alpha value is -2.87. The molecule has 8 nitrogen and oxygen atoms in total. The number of primary amides is 1. The van der Waals surface area contributed by atoms with Crippen LogP contribution in [0.1, 0.15) is 61.5 Å². The van der Waals surface area contributed by atoms with E-state index in [1.54, 1.807) is 19.9 Å². The van der Waals surface area contributed by atoms with E-state index in [1.165, 1.54) is 6.07 Å². The zero-order chi connectivity index (χ0) is 24.6. The molecule has 0 radical (unpaired) electrons. The standard InChI is InChI=1S/C25H29NO7/c1-9(2)12-5-6-15(27)18-13(12)7-11-8-14-16(10(3)4)20(28)19(24(26)32)23(31)25(14,33)22(30)17(11)21(18)29/h5-6,9-11,14,16-17,19,27,33H,7-8H2,1-4H3,(H2,26,32)/t11?,14-,16+,17?,19?,25-/m0/s1. The largest absolute Gasteiger partial charge is 0.507 e. The SMILES string of the molecule is CC(C)c1ccc(O)c2c1CC1C[C@H]3[C@@H](C(C)C)C(=O)C(C(N)=O)C(=O)[C@@]3(O)C(=O)C1C2=O. The monoisotopic (exact) mass is 455 g/mol. The third-order valence-electron chi connectivity index (χ3n) is 7.85. The van der Waals surface area contributed by atoms with E-state index < -0.39 is 64.2 Å². The van der Waals surface area contributed by atoms with Crippen molar-refractivity contribution in [2.45, 2.75) is 52.1 Å². The maximum Gasteiger partial charge on any atom is 0.235 e. The normalized spacial score (nSPS) is 33.7. The second-order valence-electron chi connectivity index (χ2n) is 10.3. The number of benzene rings is 1. The zero-order valence-electron chi connectivity index (χ0n) is 19.1. The highest BCUT2D eigenvalue weighted by molar-refractivity contribution is 6.31. The Balaban J connectivity index is 1.89. The number of aliphatic hydroxyl groups is 1. The predicted molar refractivity (Wildman–Crippen MR) is 116 cm³/mol. The van der Waals surface area contributed by atoms with Gasteiger partial charge in [-0.15, -0.1) is 0 Å². The highest BCUT2D eigenvalue weighted by Gasteiger charge is 2.69. The number of hydrogen-bond donors (Lipinski definition) is 3. The van der Waals surface area contributed by atoms with E-state index in [0.717, 1.165) is 5.56 Å². The number of aromatic hydroxyl groups is 1. The van der Waals surface area contributed by atoms with Crippen molar-refractivity contribution in [3.05, 3.63) is 28.8 Å². The van der Waals surface area contributed by atoms with Crippen LogP contribution in [-0.4, -0.2) is 44.9 Å². The molecule has 0 aromatic heterocycles. The lowest BCUT2D eigenvalue weighted by Gasteiger charge is -2.52. The third kappa shape index (κ3) is 3.03. The van der Waals surface area contributed by atoms with E-state index in [9.17, 15) is 34.2 Å². The molecule has 3 aliphatic rings. The molecule has 0 saturated heterocycles. The van der Waals surface area contributed by atoms with Crippen molar-refractivity contribution in [1.82, 2.24) is 0 Å². The Kier molecular flexibility index (Phi) is 5.35. The van der Waals surface area contributed by atoms with Gasteiger partial charge < -0.3 is 15.9 Å². The van der Waals surface area contributed by atoms with E-state index in [4.69, 9.17) is 5.73 Å². The number of carbonyl (C=O) groups is 5. The van der Waals surface area contributed by atoms with E-state index in [-0.39, 0.29) is 29.6 Å². The van der Waals surface area contributed by atoms with Crippen molar-refractivity contribution in [2.75, 3.05) is 0 Å². The Morgan fingerprint density at radius 2 is 1.73 bits per heavy atom. The molecule has 3 unspecified atom stereocenters. The summed E-state index contributed by atoms with van der Waals surface area (Å²) < 4.78 is 0. The molecule has 33 heavy (non-hydrogen) atoms. The number of phenolic OH excluding ortho intramolecular Hbond substituents is 1. The summed E-state index contributed by atoms with van der Waals surface area (Å²) in [5.41, 5.74) is 4.26. The van der Waals surface area contributed by atoms with Crippen molar-refractivity contribution in [1.29, 1.82) is 0 Å². The van der Waals surface area contributed by atoms with Crippen molar-refractivity contribution in [3.8, 4) is 5.75 Å². The molecule has 1 aromatic rings. The van der Waals surface area contributed by atoms with Crippen LogP contribution in [0.25, 0.3) is 0 Å². The molecule has 2 fully saturated rings. The molecule has 176 valence electrons. The summed E-state index contributed by atoms with van der Waals surface area (Å²) >= 11 is 0. The molecule has 4 rings (SSSR count). The summed E-state index contributed by atoms with van der Waals surface area (Å²) in [7, 11) is 0. The molecule has 8 heteroatoms. The minimum Gasteiger partial charge on any atom is -0.507 e. The van der Waals surface area contributed by atoms with Crippen molar-refractivity contribution < 1.29 is 34.2 Å². The van der Waals surface area contributed by atoms with Crippen LogP contribution in [0.5, 0.6) is 5.75 Å². The highest BCUT2D eigenvalue weighted by atomic mass is 16.3. The van der Waals surface area contributed by atoms with Gasteiger partial charge in [-0.1, -0.05) is 33.8 Å². The minimum atomic E-state index is -2.65. The summed E-state index contributed by atoms with van der Waals surface area (Å²) in [6.45, 7) is 7.38. The average Bonchev–Trinajstić information content (AvgIpc) is 2.70.